The van der Waals surface area contributed by atoms with Gasteiger partial charge in [0.05, 0.1) is 17.1 Å². The number of hydrogen-bond donors (Lipinski definition) is 2. The van der Waals surface area contributed by atoms with Gasteiger partial charge in [0.1, 0.15) is 12.4 Å². The molecule has 1 amide bonds. The topological polar surface area (TPSA) is 69.3 Å². The zero-order chi connectivity index (χ0) is 25.7. The monoisotopic (exact) mass is 505 g/mol. The van der Waals surface area contributed by atoms with Crippen molar-refractivity contribution < 1.29 is 18.7 Å². The molecule has 0 spiro atoms. The van der Waals surface area contributed by atoms with Crippen molar-refractivity contribution in [3.05, 3.63) is 89.8 Å². The number of amides is 1. The molecule has 0 radical (unpaired) electrons. The molecule has 1 aliphatic carbocycles. The number of fused-ring (bicyclic) bond motifs is 2. The smallest absolute Gasteiger partial charge is 0.373 e. The molecule has 1 aromatic heterocycles. The standard InChI is InChI=1S/C31H30N5O2/c1-21-7-8-24(38-20-22-9-13-32-22)19-26(21)30(37)34-31(10-11-31)27-17-23(18-28-25(27)5-4-12-33-28)36-16-15-35-14-3-2-6-29(35)36/h2-8,12,14-19,22,29,32H,9-11,13,20H2,1H3/q+1/p+1/t22-,29?/m0/s1. The van der Waals surface area contributed by atoms with Crippen LogP contribution in [0.3, 0.4) is 0 Å². The number of aromatic nitrogens is 1. The van der Waals surface area contributed by atoms with E-state index >= 15 is 0 Å². The van der Waals surface area contributed by atoms with Crippen molar-refractivity contribution in [2.45, 2.75) is 43.9 Å². The Kier molecular flexibility index (Phi) is 5.48. The molecule has 3 aromatic rings. The Morgan fingerprint density at radius 1 is 1.18 bits per heavy atom. The molecule has 4 aliphatic rings. The second-order valence-electron chi connectivity index (χ2n) is 10.6. The van der Waals surface area contributed by atoms with Crippen molar-refractivity contribution >= 4 is 34.9 Å². The maximum atomic E-state index is 13.7. The molecule has 4 heterocycles. The molecule has 7 nitrogen and oxygen atoms in total. The van der Waals surface area contributed by atoms with Crippen LogP contribution in [-0.2, 0) is 5.54 Å². The van der Waals surface area contributed by atoms with Crippen molar-refractivity contribution in [2.75, 3.05) is 13.2 Å². The summed E-state index contributed by atoms with van der Waals surface area (Å²) in [5.74, 6) is 0.665. The van der Waals surface area contributed by atoms with Crippen molar-refractivity contribution in [3.63, 3.8) is 0 Å². The highest BCUT2D eigenvalue weighted by Gasteiger charge is 2.48. The molecular formula is C31H31N5O2+2. The minimum atomic E-state index is -0.418. The lowest BCUT2D eigenvalue weighted by atomic mass is 9.97. The van der Waals surface area contributed by atoms with Gasteiger partial charge in [-0.25, -0.2) is 0 Å². The molecule has 1 unspecified atom stereocenters. The number of nitrogens with zero attached hydrogens (tertiary/aromatic N) is 3. The third-order valence-electron chi connectivity index (χ3n) is 8.10. The molecular weight excluding hydrogens is 474 g/mol. The van der Waals surface area contributed by atoms with E-state index in [1.807, 2.05) is 43.5 Å². The van der Waals surface area contributed by atoms with Crippen LogP contribution in [0.4, 0.5) is 5.69 Å². The zero-order valence-electron chi connectivity index (χ0n) is 21.4. The number of nitrogens with one attached hydrogen (secondary N) is 2. The minimum Gasteiger partial charge on any atom is -0.492 e. The molecule has 3 aliphatic heterocycles. The highest BCUT2D eigenvalue weighted by atomic mass is 16.5. The van der Waals surface area contributed by atoms with Crippen molar-refractivity contribution in [1.29, 1.82) is 0 Å². The van der Waals surface area contributed by atoms with E-state index in [0.29, 0.717) is 18.2 Å². The normalized spacial score (nSPS) is 22.3. The second kappa shape index (κ2) is 9.03. The number of rotatable bonds is 7. The summed E-state index contributed by atoms with van der Waals surface area (Å²) < 4.78 is 10.4. The fraction of sp³-hybridized carbons (Fsp3) is 0.290. The van der Waals surface area contributed by atoms with E-state index < -0.39 is 5.54 Å². The Hall–Kier alpha value is -4.10. The van der Waals surface area contributed by atoms with E-state index in [9.17, 15) is 4.79 Å². The van der Waals surface area contributed by atoms with Gasteiger partial charge in [0.15, 0.2) is 6.20 Å². The van der Waals surface area contributed by atoms with E-state index in [-0.39, 0.29) is 12.1 Å². The maximum absolute atomic E-state index is 13.7. The number of ether oxygens (including phenoxy) is 1. The van der Waals surface area contributed by atoms with E-state index in [4.69, 9.17) is 9.72 Å². The SMILES string of the molecule is Cc1ccc(OC[C@@H]2CCN2)cc1C(=O)NC1(c2cc([N+]3=CC=[N+]4C=CC=CC43)cc3ncccc23)CC1. The molecule has 1 saturated heterocycles. The number of allylic oxidation sites excluding steroid dienone is 2. The van der Waals surface area contributed by atoms with Crippen molar-refractivity contribution in [3.8, 4) is 5.75 Å². The van der Waals surface area contributed by atoms with Gasteiger partial charge in [0.2, 0.25) is 18.1 Å². The van der Waals surface area contributed by atoms with Crippen molar-refractivity contribution in [2.24, 2.45) is 0 Å². The van der Waals surface area contributed by atoms with Crippen LogP contribution in [-0.4, -0.2) is 57.8 Å². The fourth-order valence-electron chi connectivity index (χ4n) is 5.56. The van der Waals surface area contributed by atoms with Gasteiger partial charge in [-0.3, -0.25) is 9.78 Å². The molecule has 7 rings (SSSR count). The summed E-state index contributed by atoms with van der Waals surface area (Å²) in [5.41, 5.74) is 4.29. The maximum Gasteiger partial charge on any atom is 0.373 e. The van der Waals surface area contributed by atoms with Gasteiger partial charge < -0.3 is 15.4 Å². The predicted octanol–water partition coefficient (Wildman–Crippen LogP) is 3.92. The number of carbonyl (C=O) groups is 1. The van der Waals surface area contributed by atoms with Crippen molar-refractivity contribution in [1.82, 2.24) is 15.6 Å². The van der Waals surface area contributed by atoms with Gasteiger partial charge in [0, 0.05) is 41.4 Å². The third-order valence-corrected chi connectivity index (χ3v) is 8.10. The van der Waals surface area contributed by atoms with Gasteiger partial charge >= 0.3 is 6.17 Å². The van der Waals surface area contributed by atoms with Gasteiger partial charge in [-0.2, -0.15) is 0 Å². The van der Waals surface area contributed by atoms with Crippen LogP contribution in [0.5, 0.6) is 5.75 Å². The average Bonchev–Trinajstić information content (AvgIpc) is 3.56. The molecule has 7 heteroatoms. The first-order valence-corrected chi connectivity index (χ1v) is 13.4. The zero-order valence-corrected chi connectivity index (χ0v) is 21.4. The Morgan fingerprint density at radius 2 is 2.08 bits per heavy atom. The van der Waals surface area contributed by atoms with Crippen LogP contribution in [0.1, 0.15) is 40.7 Å². The lowest BCUT2D eigenvalue weighted by molar-refractivity contribution is -0.682. The second-order valence-corrected chi connectivity index (χ2v) is 10.6. The quantitative estimate of drug-likeness (QED) is 0.478. The molecule has 38 heavy (non-hydrogen) atoms. The average molecular weight is 506 g/mol. The summed E-state index contributed by atoms with van der Waals surface area (Å²) in [7, 11) is 0. The summed E-state index contributed by atoms with van der Waals surface area (Å²) >= 11 is 0. The molecule has 1 saturated carbocycles. The minimum absolute atomic E-state index is 0.0674. The van der Waals surface area contributed by atoms with E-state index in [0.717, 1.165) is 59.3 Å². The summed E-state index contributed by atoms with van der Waals surface area (Å²) in [6.45, 7) is 3.64. The van der Waals surface area contributed by atoms with Crippen LogP contribution in [0, 0.1) is 6.92 Å². The predicted molar refractivity (Wildman–Crippen MR) is 148 cm³/mol. The van der Waals surface area contributed by atoms with Gasteiger partial charge in [0.25, 0.3) is 5.91 Å². The first kappa shape index (κ1) is 23.0. The van der Waals surface area contributed by atoms with E-state index in [1.165, 1.54) is 0 Å². The fourth-order valence-corrected chi connectivity index (χ4v) is 5.56. The van der Waals surface area contributed by atoms with Crippen LogP contribution in [0.2, 0.25) is 0 Å². The number of pyridine rings is 1. The molecule has 0 bridgehead atoms. The van der Waals surface area contributed by atoms with Gasteiger partial charge in [-0.1, -0.05) is 12.1 Å². The first-order valence-electron chi connectivity index (χ1n) is 13.4. The van der Waals surface area contributed by atoms with Gasteiger partial charge in [-0.05, 0) is 68.1 Å². The summed E-state index contributed by atoms with van der Waals surface area (Å²) in [4.78, 5) is 18.4. The lowest BCUT2D eigenvalue weighted by Crippen LogP contribution is -2.46. The Balaban J connectivity index is 1.20. The number of hydrogen-bond acceptors (Lipinski definition) is 4. The van der Waals surface area contributed by atoms with Crippen LogP contribution in [0.15, 0.2) is 73.1 Å². The van der Waals surface area contributed by atoms with E-state index in [1.54, 1.807) is 0 Å². The largest absolute Gasteiger partial charge is 0.492 e. The highest BCUT2D eigenvalue weighted by Crippen LogP contribution is 2.49. The molecule has 2 N–H and O–H groups in total. The summed E-state index contributed by atoms with van der Waals surface area (Å²) in [6.07, 6.45) is 17.4. The summed E-state index contributed by atoms with van der Waals surface area (Å²) in [6, 6.07) is 14.6. The number of benzene rings is 2. The van der Waals surface area contributed by atoms with Crippen LogP contribution in [0.25, 0.3) is 10.9 Å². The molecule has 190 valence electrons. The molecule has 2 atom stereocenters. The highest BCUT2D eigenvalue weighted by molar-refractivity contribution is 6.12. The number of aryl methyl sites for hydroxylation is 1. The molecule has 2 fully saturated rings. The Morgan fingerprint density at radius 3 is 2.89 bits per heavy atom. The van der Waals surface area contributed by atoms with E-state index in [2.05, 4.69) is 68.8 Å². The summed E-state index contributed by atoms with van der Waals surface area (Å²) in [5, 5.41) is 7.84. The Labute approximate surface area is 221 Å². The third kappa shape index (κ3) is 4.03. The van der Waals surface area contributed by atoms with Gasteiger partial charge in [-0.15, -0.1) is 9.15 Å². The lowest BCUT2D eigenvalue weighted by Gasteiger charge is -2.27. The number of carbonyl (C=O) groups excluding carboxylic acids is 1. The van der Waals surface area contributed by atoms with Crippen LogP contribution < -0.4 is 15.4 Å². The molecule has 2 aromatic carbocycles. The Bertz CT molecular complexity index is 1580. The van der Waals surface area contributed by atoms with Crippen LogP contribution >= 0.6 is 0 Å². The first-order chi connectivity index (χ1) is 18.6.